The Bertz CT molecular complexity index is 843. The fourth-order valence-corrected chi connectivity index (χ4v) is 2.13. The number of amides is 1. The summed E-state index contributed by atoms with van der Waals surface area (Å²) < 4.78 is 4.88. The summed E-state index contributed by atoms with van der Waals surface area (Å²) in [7, 11) is 0. The number of hydrogen-bond acceptors (Lipinski definition) is 5. The molecule has 0 fully saturated rings. The third-order valence-corrected chi connectivity index (χ3v) is 3.39. The van der Waals surface area contributed by atoms with Crippen molar-refractivity contribution < 1.29 is 19.4 Å². The molecule has 0 saturated carbocycles. The predicted molar refractivity (Wildman–Crippen MR) is 87.9 cm³/mol. The van der Waals surface area contributed by atoms with Crippen LogP contribution in [0, 0.1) is 18.3 Å². The van der Waals surface area contributed by atoms with E-state index in [1.807, 2.05) is 6.07 Å². The summed E-state index contributed by atoms with van der Waals surface area (Å²) in [6.45, 7) is 1.24. The molecule has 0 aromatic heterocycles. The summed E-state index contributed by atoms with van der Waals surface area (Å²) in [5.74, 6) is -1.59. The molecule has 0 unspecified atom stereocenters. The van der Waals surface area contributed by atoms with Crippen LogP contribution in [0.2, 0.25) is 5.02 Å². The lowest BCUT2D eigenvalue weighted by molar-refractivity contribution is -0.119. The van der Waals surface area contributed by atoms with E-state index in [1.165, 1.54) is 30.3 Å². The van der Waals surface area contributed by atoms with Crippen LogP contribution < -0.4 is 5.32 Å². The zero-order chi connectivity index (χ0) is 17.7. The molecular weight excluding hydrogens is 332 g/mol. The number of aromatic hydroxyl groups is 1. The van der Waals surface area contributed by atoms with E-state index in [0.29, 0.717) is 5.69 Å². The molecule has 0 spiro atoms. The number of rotatable bonds is 4. The van der Waals surface area contributed by atoms with Crippen molar-refractivity contribution in [2.24, 2.45) is 0 Å². The molecule has 0 atom stereocenters. The summed E-state index contributed by atoms with van der Waals surface area (Å²) in [6, 6.07) is 10.8. The molecule has 1 amide bonds. The van der Waals surface area contributed by atoms with E-state index in [1.54, 1.807) is 13.0 Å². The predicted octanol–water partition coefficient (Wildman–Crippen LogP) is 3.02. The molecule has 0 saturated heterocycles. The first kappa shape index (κ1) is 17.3. The van der Waals surface area contributed by atoms with E-state index in [4.69, 9.17) is 21.6 Å². The van der Waals surface area contributed by atoms with E-state index in [0.717, 1.165) is 5.56 Å². The molecule has 7 heteroatoms. The Morgan fingerprint density at radius 2 is 2.04 bits per heavy atom. The molecule has 0 bridgehead atoms. The SMILES string of the molecule is Cc1ccc(O)c(C(=O)OCC(=O)Nc2ccc(C#N)c(Cl)c2)c1. The van der Waals surface area contributed by atoms with Gasteiger partial charge in [-0.15, -0.1) is 0 Å². The van der Waals surface area contributed by atoms with Gasteiger partial charge in [0.2, 0.25) is 0 Å². The molecular formula is C17H13ClN2O4. The Labute approximate surface area is 143 Å². The number of carbonyl (C=O) groups excluding carboxylic acids is 2. The fraction of sp³-hybridized carbons (Fsp3) is 0.118. The molecule has 24 heavy (non-hydrogen) atoms. The molecule has 2 rings (SSSR count). The largest absolute Gasteiger partial charge is 0.507 e. The highest BCUT2D eigenvalue weighted by molar-refractivity contribution is 6.32. The number of aryl methyl sites for hydroxylation is 1. The minimum absolute atomic E-state index is 0.00998. The Morgan fingerprint density at radius 1 is 1.29 bits per heavy atom. The van der Waals surface area contributed by atoms with Crippen molar-refractivity contribution in [2.75, 3.05) is 11.9 Å². The number of phenols is 1. The maximum Gasteiger partial charge on any atom is 0.342 e. The van der Waals surface area contributed by atoms with Crippen molar-refractivity contribution in [1.82, 2.24) is 0 Å². The van der Waals surface area contributed by atoms with Gasteiger partial charge < -0.3 is 15.2 Å². The standard InChI is InChI=1S/C17H13ClN2O4/c1-10-2-5-15(21)13(6-10)17(23)24-9-16(22)20-12-4-3-11(8-19)14(18)7-12/h2-7,21H,9H2,1H3,(H,20,22). The first-order valence-corrected chi connectivity index (χ1v) is 7.24. The highest BCUT2D eigenvalue weighted by atomic mass is 35.5. The lowest BCUT2D eigenvalue weighted by Crippen LogP contribution is -2.21. The van der Waals surface area contributed by atoms with E-state index < -0.39 is 18.5 Å². The molecule has 0 aliphatic rings. The molecule has 122 valence electrons. The lowest BCUT2D eigenvalue weighted by Gasteiger charge is -2.08. The molecule has 2 aromatic rings. The highest BCUT2D eigenvalue weighted by Crippen LogP contribution is 2.21. The van der Waals surface area contributed by atoms with E-state index >= 15 is 0 Å². The maximum atomic E-state index is 11.9. The van der Waals surface area contributed by atoms with Crippen molar-refractivity contribution in [3.05, 3.63) is 58.1 Å². The smallest absolute Gasteiger partial charge is 0.342 e. The minimum Gasteiger partial charge on any atom is -0.507 e. The molecule has 0 aliphatic carbocycles. The fourth-order valence-electron chi connectivity index (χ4n) is 1.90. The van der Waals surface area contributed by atoms with Gasteiger partial charge in [-0.05, 0) is 37.3 Å². The monoisotopic (exact) mass is 344 g/mol. The number of nitrogens with one attached hydrogen (secondary N) is 1. The summed E-state index contributed by atoms with van der Waals surface area (Å²) in [5, 5.41) is 21.1. The first-order valence-electron chi connectivity index (χ1n) is 6.87. The Balaban J connectivity index is 1.96. The number of carbonyl (C=O) groups is 2. The van der Waals surface area contributed by atoms with Crippen LogP contribution >= 0.6 is 11.6 Å². The number of nitrogens with zero attached hydrogens (tertiary/aromatic N) is 1. The van der Waals surface area contributed by atoms with Crippen molar-refractivity contribution in [3.8, 4) is 11.8 Å². The van der Waals surface area contributed by atoms with Gasteiger partial charge in [-0.25, -0.2) is 4.79 Å². The van der Waals surface area contributed by atoms with Crippen LogP contribution in [0.4, 0.5) is 5.69 Å². The second-order valence-electron chi connectivity index (χ2n) is 4.95. The van der Waals surface area contributed by atoms with Gasteiger partial charge in [0.25, 0.3) is 5.91 Å². The Kier molecular flexibility index (Phi) is 5.40. The van der Waals surface area contributed by atoms with Crippen molar-refractivity contribution >= 4 is 29.2 Å². The van der Waals surface area contributed by atoms with Crippen LogP contribution in [0.3, 0.4) is 0 Å². The number of halogens is 1. The molecule has 2 N–H and O–H groups in total. The number of anilines is 1. The summed E-state index contributed by atoms with van der Waals surface area (Å²) in [5.41, 5.74) is 1.43. The quantitative estimate of drug-likeness (QED) is 0.830. The van der Waals surface area contributed by atoms with Gasteiger partial charge in [0.15, 0.2) is 6.61 Å². The Hall–Kier alpha value is -3.04. The maximum absolute atomic E-state index is 11.9. The van der Waals surface area contributed by atoms with Crippen molar-refractivity contribution in [3.63, 3.8) is 0 Å². The van der Waals surface area contributed by atoms with Crippen LogP contribution in [-0.2, 0) is 9.53 Å². The average molecular weight is 345 g/mol. The van der Waals surface area contributed by atoms with E-state index in [-0.39, 0.29) is 21.9 Å². The van der Waals surface area contributed by atoms with Crippen LogP contribution in [0.1, 0.15) is 21.5 Å². The topological polar surface area (TPSA) is 99.4 Å². The zero-order valence-electron chi connectivity index (χ0n) is 12.7. The first-order chi connectivity index (χ1) is 11.4. The molecule has 2 aromatic carbocycles. The average Bonchev–Trinajstić information content (AvgIpc) is 2.55. The molecule has 0 heterocycles. The van der Waals surface area contributed by atoms with Gasteiger partial charge >= 0.3 is 5.97 Å². The van der Waals surface area contributed by atoms with Crippen LogP contribution in [0.5, 0.6) is 5.75 Å². The van der Waals surface area contributed by atoms with Gasteiger partial charge in [0.1, 0.15) is 17.4 Å². The number of esters is 1. The number of ether oxygens (including phenoxy) is 1. The van der Waals surface area contributed by atoms with Crippen LogP contribution in [-0.4, -0.2) is 23.6 Å². The van der Waals surface area contributed by atoms with Crippen LogP contribution in [0.25, 0.3) is 0 Å². The van der Waals surface area contributed by atoms with Gasteiger partial charge in [-0.2, -0.15) is 5.26 Å². The zero-order valence-corrected chi connectivity index (χ0v) is 13.4. The number of benzene rings is 2. The van der Waals surface area contributed by atoms with Crippen LogP contribution in [0.15, 0.2) is 36.4 Å². The summed E-state index contributed by atoms with van der Waals surface area (Å²) in [4.78, 5) is 23.7. The normalized spacial score (nSPS) is 9.88. The number of phenolic OH excluding ortho intramolecular Hbond substituents is 1. The Morgan fingerprint density at radius 3 is 2.71 bits per heavy atom. The number of nitriles is 1. The molecule has 0 aliphatic heterocycles. The summed E-state index contributed by atoms with van der Waals surface area (Å²) in [6.07, 6.45) is 0. The van der Waals surface area contributed by atoms with Gasteiger partial charge in [0.05, 0.1) is 10.6 Å². The number of hydrogen-bond donors (Lipinski definition) is 2. The third kappa shape index (κ3) is 4.24. The second-order valence-corrected chi connectivity index (χ2v) is 5.36. The highest BCUT2D eigenvalue weighted by Gasteiger charge is 2.15. The van der Waals surface area contributed by atoms with E-state index in [9.17, 15) is 14.7 Å². The van der Waals surface area contributed by atoms with E-state index in [2.05, 4.69) is 5.32 Å². The molecule has 6 nitrogen and oxygen atoms in total. The van der Waals surface area contributed by atoms with Gasteiger partial charge in [-0.1, -0.05) is 23.2 Å². The lowest BCUT2D eigenvalue weighted by atomic mass is 10.1. The van der Waals surface area contributed by atoms with Crippen molar-refractivity contribution in [2.45, 2.75) is 6.92 Å². The minimum atomic E-state index is -0.802. The summed E-state index contributed by atoms with van der Waals surface area (Å²) >= 11 is 5.87. The van der Waals surface area contributed by atoms with Gasteiger partial charge in [-0.3, -0.25) is 4.79 Å². The molecule has 0 radical (unpaired) electrons. The van der Waals surface area contributed by atoms with Gasteiger partial charge in [0, 0.05) is 5.69 Å². The third-order valence-electron chi connectivity index (χ3n) is 3.08. The van der Waals surface area contributed by atoms with Crippen molar-refractivity contribution in [1.29, 1.82) is 5.26 Å². The second kappa shape index (κ2) is 7.49.